The standard InChI is InChI=1S/C23H30N8O6/c1-3-13(2)21(26-18(32)8-9-20(34)35)23(37)25-12-19(33)31-15-7-5-4-6-14(15)10-16(31)22(36)24-11-17-27-29-30-28-17/h4-7,13,16,21H,3,8-12H2,1-2H3,(H,24,36)(H,25,37)(H,26,32)(H,34,35)(H,27,28,29,30)/t13-,16-,21-/m0/s1. The van der Waals surface area contributed by atoms with Crippen molar-refractivity contribution in [3.8, 4) is 0 Å². The Kier molecular flexibility index (Phi) is 9.24. The second-order valence-corrected chi connectivity index (χ2v) is 8.70. The summed E-state index contributed by atoms with van der Waals surface area (Å²) in [5.74, 6) is -3.15. The van der Waals surface area contributed by atoms with E-state index >= 15 is 0 Å². The third-order valence-corrected chi connectivity index (χ3v) is 6.15. The van der Waals surface area contributed by atoms with Crippen LogP contribution in [-0.2, 0) is 36.9 Å². The number of H-pyrrole nitrogens is 1. The molecule has 2 aromatic rings. The molecule has 0 saturated heterocycles. The number of anilines is 1. The fourth-order valence-corrected chi connectivity index (χ4v) is 3.97. The first kappa shape index (κ1) is 27.2. The number of aromatic amines is 1. The van der Waals surface area contributed by atoms with Gasteiger partial charge >= 0.3 is 5.97 Å². The number of para-hydroxylation sites is 1. The van der Waals surface area contributed by atoms with Crippen LogP contribution >= 0.6 is 0 Å². The van der Waals surface area contributed by atoms with Crippen LogP contribution in [0.15, 0.2) is 24.3 Å². The van der Waals surface area contributed by atoms with E-state index in [-0.39, 0.29) is 31.1 Å². The first-order valence-electron chi connectivity index (χ1n) is 11.9. The molecule has 0 fully saturated rings. The van der Waals surface area contributed by atoms with Crippen molar-refractivity contribution in [2.24, 2.45) is 5.92 Å². The third-order valence-electron chi connectivity index (χ3n) is 6.15. The van der Waals surface area contributed by atoms with Crippen LogP contribution in [0.1, 0.15) is 44.5 Å². The zero-order chi connectivity index (χ0) is 26.9. The van der Waals surface area contributed by atoms with Gasteiger partial charge in [-0.15, -0.1) is 10.2 Å². The maximum atomic E-state index is 13.3. The zero-order valence-electron chi connectivity index (χ0n) is 20.6. The van der Waals surface area contributed by atoms with Gasteiger partial charge in [0.2, 0.25) is 23.6 Å². The molecule has 198 valence electrons. The second kappa shape index (κ2) is 12.6. The maximum absolute atomic E-state index is 13.3. The predicted molar refractivity (Wildman–Crippen MR) is 129 cm³/mol. The Balaban J connectivity index is 1.67. The molecule has 14 nitrogen and oxygen atoms in total. The lowest BCUT2D eigenvalue weighted by Crippen LogP contribution is -2.54. The zero-order valence-corrected chi connectivity index (χ0v) is 20.6. The number of rotatable bonds is 12. The molecule has 1 aromatic heterocycles. The SMILES string of the molecule is CC[C@H](C)[C@H](NC(=O)CCC(=O)O)C(=O)NCC(=O)N1c2ccccc2C[C@H]1C(=O)NCc1nn[nH]n1. The predicted octanol–water partition coefficient (Wildman–Crippen LogP) is -0.714. The molecule has 0 spiro atoms. The monoisotopic (exact) mass is 514 g/mol. The number of benzene rings is 1. The van der Waals surface area contributed by atoms with Gasteiger partial charge in [-0.1, -0.05) is 43.7 Å². The molecule has 0 unspecified atom stereocenters. The lowest BCUT2D eigenvalue weighted by atomic mass is 9.98. The van der Waals surface area contributed by atoms with Crippen molar-refractivity contribution in [2.75, 3.05) is 11.4 Å². The third kappa shape index (κ3) is 7.08. The van der Waals surface area contributed by atoms with Crippen molar-refractivity contribution in [1.82, 2.24) is 36.6 Å². The normalized spacial score (nSPS) is 15.8. The van der Waals surface area contributed by atoms with E-state index in [0.29, 0.717) is 18.5 Å². The van der Waals surface area contributed by atoms with E-state index in [1.807, 2.05) is 19.1 Å². The number of carboxylic acid groups (broad SMARTS) is 1. The highest BCUT2D eigenvalue weighted by Crippen LogP contribution is 2.32. The smallest absolute Gasteiger partial charge is 0.303 e. The van der Waals surface area contributed by atoms with E-state index in [1.54, 1.807) is 19.1 Å². The van der Waals surface area contributed by atoms with Crippen molar-refractivity contribution in [1.29, 1.82) is 0 Å². The molecule has 1 aromatic carbocycles. The van der Waals surface area contributed by atoms with Crippen LogP contribution in [0.3, 0.4) is 0 Å². The summed E-state index contributed by atoms with van der Waals surface area (Å²) in [6.45, 7) is 3.24. The first-order valence-corrected chi connectivity index (χ1v) is 11.9. The molecule has 37 heavy (non-hydrogen) atoms. The molecule has 0 aliphatic carbocycles. The van der Waals surface area contributed by atoms with Crippen LogP contribution in [0.25, 0.3) is 0 Å². The van der Waals surface area contributed by atoms with Crippen molar-refractivity contribution in [3.05, 3.63) is 35.7 Å². The fraction of sp³-hybridized carbons (Fsp3) is 0.478. The van der Waals surface area contributed by atoms with Crippen LogP contribution in [0.2, 0.25) is 0 Å². The van der Waals surface area contributed by atoms with Gasteiger partial charge in [0.25, 0.3) is 0 Å². The van der Waals surface area contributed by atoms with Crippen molar-refractivity contribution in [2.45, 2.75) is 58.2 Å². The van der Waals surface area contributed by atoms with Gasteiger partial charge in [0.1, 0.15) is 12.1 Å². The number of tetrazole rings is 1. The van der Waals surface area contributed by atoms with E-state index < -0.39 is 48.2 Å². The number of hydrogen-bond acceptors (Lipinski definition) is 8. The van der Waals surface area contributed by atoms with Crippen LogP contribution in [0.5, 0.6) is 0 Å². The minimum absolute atomic E-state index is 0.0269. The highest BCUT2D eigenvalue weighted by atomic mass is 16.4. The number of fused-ring (bicyclic) bond motifs is 1. The molecule has 0 bridgehead atoms. The summed E-state index contributed by atoms with van der Waals surface area (Å²) in [7, 11) is 0. The van der Waals surface area contributed by atoms with Crippen LogP contribution in [-0.4, -0.2) is 74.0 Å². The van der Waals surface area contributed by atoms with Gasteiger partial charge in [0.05, 0.1) is 19.5 Å². The number of carboxylic acids is 1. The maximum Gasteiger partial charge on any atom is 0.303 e. The fourth-order valence-electron chi connectivity index (χ4n) is 3.97. The minimum Gasteiger partial charge on any atom is -0.481 e. The second-order valence-electron chi connectivity index (χ2n) is 8.70. The Morgan fingerprint density at radius 1 is 1.16 bits per heavy atom. The summed E-state index contributed by atoms with van der Waals surface area (Å²) in [6, 6.07) is 5.34. The average Bonchev–Trinajstić information content (AvgIpc) is 3.55. The lowest BCUT2D eigenvalue weighted by Gasteiger charge is -2.26. The number of carbonyl (C=O) groups is 5. The topological polar surface area (TPSA) is 199 Å². The number of hydrogen-bond donors (Lipinski definition) is 5. The molecule has 2 heterocycles. The molecule has 3 rings (SSSR count). The number of nitrogens with zero attached hydrogens (tertiary/aromatic N) is 4. The summed E-state index contributed by atoms with van der Waals surface area (Å²) in [4.78, 5) is 63.4. The Bertz CT molecular complexity index is 1140. The van der Waals surface area contributed by atoms with Crippen molar-refractivity contribution in [3.63, 3.8) is 0 Å². The molecule has 5 N–H and O–H groups in total. The van der Waals surface area contributed by atoms with Crippen molar-refractivity contribution < 1.29 is 29.1 Å². The molecule has 0 radical (unpaired) electrons. The molecule has 3 atom stereocenters. The molecular weight excluding hydrogens is 484 g/mol. The van der Waals surface area contributed by atoms with Crippen LogP contribution in [0, 0.1) is 5.92 Å². The van der Waals surface area contributed by atoms with Gasteiger partial charge < -0.3 is 21.1 Å². The molecule has 14 heteroatoms. The quantitative estimate of drug-likeness (QED) is 0.243. The molecule has 0 saturated carbocycles. The van der Waals surface area contributed by atoms with Crippen LogP contribution < -0.4 is 20.9 Å². The number of amides is 4. The van der Waals surface area contributed by atoms with Gasteiger partial charge in [-0.2, -0.15) is 5.21 Å². The van der Waals surface area contributed by atoms with Gasteiger partial charge in [-0.25, -0.2) is 0 Å². The van der Waals surface area contributed by atoms with E-state index in [2.05, 4.69) is 36.6 Å². The number of nitrogens with one attached hydrogen (secondary N) is 4. The summed E-state index contributed by atoms with van der Waals surface area (Å²) < 4.78 is 0. The number of aliphatic carboxylic acids is 1. The largest absolute Gasteiger partial charge is 0.481 e. The lowest BCUT2D eigenvalue weighted by molar-refractivity contribution is -0.139. The van der Waals surface area contributed by atoms with Gasteiger partial charge in [0.15, 0.2) is 5.82 Å². The number of aromatic nitrogens is 4. The minimum atomic E-state index is -1.12. The van der Waals surface area contributed by atoms with Gasteiger partial charge in [-0.3, -0.25) is 28.9 Å². The molecule has 1 aliphatic rings. The average molecular weight is 515 g/mol. The van der Waals surface area contributed by atoms with E-state index in [9.17, 15) is 24.0 Å². The van der Waals surface area contributed by atoms with E-state index in [1.165, 1.54) is 4.90 Å². The van der Waals surface area contributed by atoms with Crippen molar-refractivity contribution >= 4 is 35.3 Å². The van der Waals surface area contributed by atoms with Gasteiger partial charge in [0, 0.05) is 18.5 Å². The summed E-state index contributed by atoms with van der Waals surface area (Å²) in [5, 5.41) is 29.9. The molecule has 1 aliphatic heterocycles. The molecular formula is C23H30N8O6. The Hall–Kier alpha value is -4.36. The number of carbonyl (C=O) groups excluding carboxylic acids is 4. The van der Waals surface area contributed by atoms with Crippen LogP contribution in [0.4, 0.5) is 5.69 Å². The Morgan fingerprint density at radius 3 is 2.59 bits per heavy atom. The van der Waals surface area contributed by atoms with E-state index in [0.717, 1.165) is 5.56 Å². The van der Waals surface area contributed by atoms with Gasteiger partial charge in [-0.05, 0) is 17.5 Å². The first-order chi connectivity index (χ1) is 17.7. The highest BCUT2D eigenvalue weighted by molar-refractivity contribution is 6.05. The summed E-state index contributed by atoms with van der Waals surface area (Å²) >= 11 is 0. The molecule has 4 amide bonds. The van der Waals surface area contributed by atoms with E-state index in [4.69, 9.17) is 5.11 Å². The summed E-state index contributed by atoms with van der Waals surface area (Å²) in [6.07, 6.45) is 0.236. The Morgan fingerprint density at radius 2 is 1.92 bits per heavy atom. The highest BCUT2D eigenvalue weighted by Gasteiger charge is 2.38. The summed E-state index contributed by atoms with van der Waals surface area (Å²) in [5.41, 5.74) is 1.38. The Labute approximate surface area is 212 Å².